The van der Waals surface area contributed by atoms with Gasteiger partial charge >= 0.3 is 5.97 Å². The van der Waals surface area contributed by atoms with Crippen LogP contribution in [0.2, 0.25) is 0 Å². The molecule has 2 aliphatic heterocycles. The van der Waals surface area contributed by atoms with Gasteiger partial charge in [-0.15, -0.1) is 0 Å². The summed E-state index contributed by atoms with van der Waals surface area (Å²) in [5.74, 6) is -1.08. The maximum absolute atomic E-state index is 12.2. The molecule has 122 valence electrons. The lowest BCUT2D eigenvalue weighted by Gasteiger charge is -2.33. The van der Waals surface area contributed by atoms with E-state index < -0.39 is 23.6 Å². The molecule has 2 saturated heterocycles. The molecule has 3 N–H and O–H groups in total. The summed E-state index contributed by atoms with van der Waals surface area (Å²) in [5, 5.41) is 30.5. The summed E-state index contributed by atoms with van der Waals surface area (Å²) in [5.41, 5.74) is -1.88. The zero-order valence-electron chi connectivity index (χ0n) is 13.2. The molecule has 0 aromatic rings. The summed E-state index contributed by atoms with van der Waals surface area (Å²) in [6.45, 7) is 6.43. The Kier molecular flexibility index (Phi) is 4.63. The first-order valence-corrected chi connectivity index (χ1v) is 7.89. The van der Waals surface area contributed by atoms with Crippen molar-refractivity contribution in [3.8, 4) is 0 Å². The minimum atomic E-state index is -1.88. The van der Waals surface area contributed by atoms with E-state index in [4.69, 9.17) is 4.74 Å². The quantitative estimate of drug-likeness (QED) is 0.514. The second-order valence-electron chi connectivity index (χ2n) is 6.95. The number of nitrogens with zero attached hydrogens (tertiary/aromatic N) is 1. The Hall–Kier alpha value is -0.690. The minimum Gasteiger partial charge on any atom is -0.463 e. The van der Waals surface area contributed by atoms with Crippen molar-refractivity contribution in [2.75, 3.05) is 19.7 Å². The second kappa shape index (κ2) is 5.83. The highest BCUT2D eigenvalue weighted by molar-refractivity contribution is 5.80. The molecule has 0 saturated carbocycles. The third kappa shape index (κ3) is 2.82. The van der Waals surface area contributed by atoms with Crippen LogP contribution in [0.25, 0.3) is 0 Å². The van der Waals surface area contributed by atoms with Crippen molar-refractivity contribution >= 4 is 5.97 Å². The van der Waals surface area contributed by atoms with Crippen molar-refractivity contribution in [3.63, 3.8) is 0 Å². The predicted octanol–water partition coefficient (Wildman–Crippen LogP) is 0.686. The smallest absolute Gasteiger partial charge is 0.341 e. The Morgan fingerprint density at radius 3 is 2.57 bits per heavy atom. The summed E-state index contributed by atoms with van der Waals surface area (Å²) in [4.78, 5) is 12.2. The maximum Gasteiger partial charge on any atom is 0.341 e. The lowest BCUT2D eigenvalue weighted by atomic mass is 9.85. The Morgan fingerprint density at radius 1 is 1.33 bits per heavy atom. The number of hydroxylamine groups is 3. The predicted molar refractivity (Wildman–Crippen MR) is 75.3 cm³/mol. The summed E-state index contributed by atoms with van der Waals surface area (Å²) in [6.07, 6.45) is 1.58. The highest BCUT2D eigenvalue weighted by Gasteiger charge is 2.53. The van der Waals surface area contributed by atoms with Gasteiger partial charge in [-0.25, -0.2) is 10.0 Å². The topological polar surface area (TPSA) is 87.0 Å². The molecule has 0 aliphatic carbocycles. The molecule has 21 heavy (non-hydrogen) atoms. The van der Waals surface area contributed by atoms with Crippen LogP contribution in [0.5, 0.6) is 0 Å². The van der Waals surface area contributed by atoms with Gasteiger partial charge in [0.05, 0.1) is 12.0 Å². The first-order chi connectivity index (χ1) is 9.71. The molecule has 0 aromatic heterocycles. The van der Waals surface area contributed by atoms with E-state index in [-0.39, 0.29) is 23.2 Å². The molecule has 2 aliphatic rings. The number of esters is 1. The maximum atomic E-state index is 12.2. The Bertz CT molecular complexity index is 390. The van der Waals surface area contributed by atoms with E-state index in [2.05, 4.69) is 0 Å². The average Bonchev–Trinajstić information content (AvgIpc) is 2.91. The zero-order chi connectivity index (χ0) is 15.8. The van der Waals surface area contributed by atoms with Gasteiger partial charge in [-0.1, -0.05) is 13.8 Å². The van der Waals surface area contributed by atoms with Crippen LogP contribution in [0.15, 0.2) is 0 Å². The van der Waals surface area contributed by atoms with Gasteiger partial charge in [-0.05, 0) is 12.8 Å². The lowest BCUT2D eigenvalue weighted by Crippen LogP contribution is -2.54. The van der Waals surface area contributed by atoms with Crippen LogP contribution in [0.4, 0.5) is 0 Å². The third-order valence-corrected chi connectivity index (χ3v) is 5.37. The van der Waals surface area contributed by atoms with Gasteiger partial charge in [0.25, 0.3) is 0 Å². The van der Waals surface area contributed by atoms with Crippen LogP contribution >= 0.6 is 0 Å². The molecule has 4 unspecified atom stereocenters. The Labute approximate surface area is 125 Å². The van der Waals surface area contributed by atoms with Gasteiger partial charge in [0.2, 0.25) is 0 Å². The first kappa shape index (κ1) is 16.7. The van der Waals surface area contributed by atoms with Crippen molar-refractivity contribution in [1.82, 2.24) is 0 Å². The number of carbonyl (C=O) groups excluding carboxylic acids is 1. The van der Waals surface area contributed by atoms with Gasteiger partial charge in [0, 0.05) is 19.3 Å². The number of ether oxygens (including phenoxy) is 1. The first-order valence-electron chi connectivity index (χ1n) is 7.89. The van der Waals surface area contributed by atoms with Gasteiger partial charge in [0.15, 0.2) is 5.60 Å². The van der Waals surface area contributed by atoms with Crippen LogP contribution < -0.4 is 0 Å². The molecular weight excluding hydrogens is 274 g/mol. The van der Waals surface area contributed by atoms with Gasteiger partial charge in [-0.3, -0.25) is 0 Å². The molecular formula is C15H28NO5+. The van der Waals surface area contributed by atoms with E-state index in [1.807, 2.05) is 0 Å². The van der Waals surface area contributed by atoms with E-state index in [0.29, 0.717) is 6.54 Å². The molecule has 5 atom stereocenters. The number of rotatable bonds is 5. The molecule has 0 bridgehead atoms. The highest BCUT2D eigenvalue weighted by atomic mass is 16.6. The highest BCUT2D eigenvalue weighted by Crippen LogP contribution is 2.38. The minimum absolute atomic E-state index is 0.104. The summed E-state index contributed by atoms with van der Waals surface area (Å²) in [7, 11) is 0. The van der Waals surface area contributed by atoms with Crippen molar-refractivity contribution < 1.29 is 29.6 Å². The molecule has 2 heterocycles. The van der Waals surface area contributed by atoms with Gasteiger partial charge < -0.3 is 14.9 Å². The summed E-state index contributed by atoms with van der Waals surface area (Å²) in [6, 6.07) is 0.136. The zero-order valence-corrected chi connectivity index (χ0v) is 13.2. The van der Waals surface area contributed by atoms with E-state index >= 15 is 0 Å². The van der Waals surface area contributed by atoms with Crippen LogP contribution in [0.3, 0.4) is 0 Å². The Morgan fingerprint density at radius 2 is 2.00 bits per heavy atom. The van der Waals surface area contributed by atoms with E-state index in [1.165, 1.54) is 6.92 Å². The number of hydrogen-bond donors (Lipinski definition) is 3. The molecule has 0 aromatic carbocycles. The molecule has 0 spiro atoms. The normalized spacial score (nSPS) is 36.3. The molecule has 0 radical (unpaired) electrons. The average molecular weight is 302 g/mol. The van der Waals surface area contributed by atoms with Crippen LogP contribution in [0.1, 0.15) is 40.0 Å². The summed E-state index contributed by atoms with van der Waals surface area (Å²) < 4.78 is 5.40. The van der Waals surface area contributed by atoms with Crippen molar-refractivity contribution in [2.45, 2.75) is 57.8 Å². The fourth-order valence-corrected chi connectivity index (χ4v) is 3.85. The van der Waals surface area contributed by atoms with Gasteiger partial charge in [0.1, 0.15) is 25.7 Å². The number of aliphatic hydroxyl groups is 2. The molecule has 2 rings (SSSR count). The van der Waals surface area contributed by atoms with Crippen molar-refractivity contribution in [2.24, 2.45) is 11.8 Å². The molecule has 6 heteroatoms. The van der Waals surface area contributed by atoms with Crippen LogP contribution in [0, 0.1) is 11.8 Å². The number of hydrogen-bond acceptors (Lipinski definition) is 5. The fourth-order valence-electron chi connectivity index (χ4n) is 3.85. The lowest BCUT2D eigenvalue weighted by molar-refractivity contribution is -1.10. The SMILES string of the molecule is CC(C)C(O)(C(=O)OC[C@@H]1CC[N+]2(O)CCCC12)C(C)O. The molecule has 2 fully saturated rings. The number of fused-ring (bicyclic) bond motifs is 1. The largest absolute Gasteiger partial charge is 0.463 e. The van der Waals surface area contributed by atoms with E-state index in [0.717, 1.165) is 25.8 Å². The van der Waals surface area contributed by atoms with Gasteiger partial charge in [-0.2, -0.15) is 4.65 Å². The monoisotopic (exact) mass is 302 g/mol. The van der Waals surface area contributed by atoms with Crippen molar-refractivity contribution in [1.29, 1.82) is 0 Å². The second-order valence-corrected chi connectivity index (χ2v) is 6.95. The summed E-state index contributed by atoms with van der Waals surface area (Å²) >= 11 is 0. The number of aliphatic hydroxyl groups excluding tert-OH is 1. The van der Waals surface area contributed by atoms with E-state index in [9.17, 15) is 20.2 Å². The third-order valence-electron chi connectivity index (χ3n) is 5.37. The van der Waals surface area contributed by atoms with Crippen LogP contribution in [-0.4, -0.2) is 63.5 Å². The van der Waals surface area contributed by atoms with Crippen molar-refractivity contribution in [3.05, 3.63) is 0 Å². The Balaban J connectivity index is 1.95. The van der Waals surface area contributed by atoms with Crippen LogP contribution in [-0.2, 0) is 9.53 Å². The number of carbonyl (C=O) groups is 1. The molecule has 0 amide bonds. The number of quaternary nitrogens is 1. The standard InChI is InChI=1S/C15H28NO5/c1-10(2)15(19,11(3)17)14(18)21-9-12-6-8-16(20)7-4-5-13(12)16/h10-13,17,19-20H,4-9H2,1-3H3/q+1/t11?,12-,13?,15?,16?/m0/s1. The van der Waals surface area contributed by atoms with E-state index in [1.54, 1.807) is 13.8 Å². The molecule has 6 nitrogen and oxygen atoms in total. The fraction of sp³-hybridized carbons (Fsp3) is 0.933.